The van der Waals surface area contributed by atoms with Gasteiger partial charge in [0.2, 0.25) is 0 Å². The zero-order chi connectivity index (χ0) is 21.2. The SMILES string of the molecule is CCCCC(C)(C)[C@H](O)/C=C/[C@@H]1[C@@H](C/C=C\CCCC(=O)OC)[C@H](Br)C[C@H]1O. The van der Waals surface area contributed by atoms with Gasteiger partial charge >= 0.3 is 5.97 Å². The van der Waals surface area contributed by atoms with Gasteiger partial charge in [-0.15, -0.1) is 0 Å². The monoisotopic (exact) mass is 458 g/mol. The van der Waals surface area contributed by atoms with Crippen molar-refractivity contribution in [3.05, 3.63) is 24.3 Å². The fourth-order valence-electron chi connectivity index (χ4n) is 3.78. The van der Waals surface area contributed by atoms with Crippen molar-refractivity contribution >= 4 is 21.9 Å². The molecule has 2 N–H and O–H groups in total. The maximum absolute atomic E-state index is 11.1. The molecule has 0 amide bonds. The van der Waals surface area contributed by atoms with Gasteiger partial charge in [0, 0.05) is 17.2 Å². The van der Waals surface area contributed by atoms with Crippen LogP contribution >= 0.6 is 15.9 Å². The highest BCUT2D eigenvalue weighted by Gasteiger charge is 2.39. The first kappa shape index (κ1) is 25.4. The van der Waals surface area contributed by atoms with Gasteiger partial charge in [0.25, 0.3) is 0 Å². The predicted molar refractivity (Wildman–Crippen MR) is 118 cm³/mol. The van der Waals surface area contributed by atoms with Crippen molar-refractivity contribution < 1.29 is 19.7 Å². The van der Waals surface area contributed by atoms with Crippen LogP contribution in [0.5, 0.6) is 0 Å². The number of rotatable bonds is 12. The number of methoxy groups -OCH3 is 1. The molecule has 1 aliphatic carbocycles. The summed E-state index contributed by atoms with van der Waals surface area (Å²) in [5, 5.41) is 21.1. The Morgan fingerprint density at radius 1 is 1.32 bits per heavy atom. The molecule has 0 heterocycles. The van der Waals surface area contributed by atoms with Gasteiger partial charge in [-0.1, -0.05) is 73.8 Å². The van der Waals surface area contributed by atoms with E-state index in [1.807, 2.05) is 12.2 Å². The van der Waals surface area contributed by atoms with E-state index in [9.17, 15) is 15.0 Å². The molecule has 28 heavy (non-hydrogen) atoms. The summed E-state index contributed by atoms with van der Waals surface area (Å²) in [5.74, 6) is 0.174. The zero-order valence-electron chi connectivity index (χ0n) is 17.9. The van der Waals surface area contributed by atoms with Crippen molar-refractivity contribution in [3.8, 4) is 0 Å². The maximum Gasteiger partial charge on any atom is 0.305 e. The third-order valence-corrected chi connectivity index (χ3v) is 6.97. The van der Waals surface area contributed by atoms with E-state index in [0.29, 0.717) is 12.3 Å². The number of unbranched alkanes of at least 4 members (excludes halogenated alkanes) is 2. The first-order chi connectivity index (χ1) is 13.2. The minimum Gasteiger partial charge on any atom is -0.469 e. The molecule has 4 nitrogen and oxygen atoms in total. The van der Waals surface area contributed by atoms with Crippen molar-refractivity contribution in [1.29, 1.82) is 0 Å². The summed E-state index contributed by atoms with van der Waals surface area (Å²) in [6, 6.07) is 0. The molecule has 0 saturated heterocycles. The molecule has 0 aromatic heterocycles. The molecule has 5 heteroatoms. The minimum atomic E-state index is -0.505. The van der Waals surface area contributed by atoms with E-state index in [1.165, 1.54) is 7.11 Å². The van der Waals surface area contributed by atoms with Gasteiger partial charge in [0.15, 0.2) is 0 Å². The molecular formula is C23H39BrO4. The van der Waals surface area contributed by atoms with Crippen LogP contribution in [0.2, 0.25) is 0 Å². The van der Waals surface area contributed by atoms with Gasteiger partial charge in [0.05, 0.1) is 19.3 Å². The lowest BCUT2D eigenvalue weighted by atomic mass is 9.80. The predicted octanol–water partition coefficient (Wildman–Crippen LogP) is 5.17. The lowest BCUT2D eigenvalue weighted by molar-refractivity contribution is -0.140. The molecule has 1 fully saturated rings. The van der Waals surface area contributed by atoms with Gasteiger partial charge < -0.3 is 14.9 Å². The number of hydrogen-bond acceptors (Lipinski definition) is 4. The topological polar surface area (TPSA) is 66.8 Å². The number of allylic oxidation sites excluding steroid dienone is 2. The van der Waals surface area contributed by atoms with E-state index in [0.717, 1.165) is 44.9 Å². The van der Waals surface area contributed by atoms with Crippen LogP contribution in [-0.4, -0.2) is 40.3 Å². The van der Waals surface area contributed by atoms with E-state index in [2.05, 4.69) is 53.6 Å². The van der Waals surface area contributed by atoms with Crippen LogP contribution < -0.4 is 0 Å². The fourth-order valence-corrected chi connectivity index (χ4v) is 4.73. The Hall–Kier alpha value is -0.650. The van der Waals surface area contributed by atoms with E-state index < -0.39 is 6.10 Å². The quantitative estimate of drug-likeness (QED) is 0.183. The summed E-state index contributed by atoms with van der Waals surface area (Å²) in [4.78, 5) is 11.4. The van der Waals surface area contributed by atoms with Gasteiger partial charge in [0.1, 0.15) is 0 Å². The van der Waals surface area contributed by atoms with Crippen molar-refractivity contribution in [3.63, 3.8) is 0 Å². The van der Waals surface area contributed by atoms with E-state index in [-0.39, 0.29) is 28.2 Å². The number of alkyl halides is 1. The first-order valence-corrected chi connectivity index (χ1v) is 11.5. The Morgan fingerprint density at radius 3 is 2.68 bits per heavy atom. The Bertz CT molecular complexity index is 515. The summed E-state index contributed by atoms with van der Waals surface area (Å²) >= 11 is 3.73. The lowest BCUT2D eigenvalue weighted by Gasteiger charge is -2.29. The van der Waals surface area contributed by atoms with Gasteiger partial charge in [-0.2, -0.15) is 0 Å². The first-order valence-electron chi connectivity index (χ1n) is 10.6. The van der Waals surface area contributed by atoms with E-state index in [1.54, 1.807) is 0 Å². The highest BCUT2D eigenvalue weighted by molar-refractivity contribution is 9.09. The number of halogens is 1. The molecule has 0 unspecified atom stereocenters. The molecular weight excluding hydrogens is 420 g/mol. The Balaban J connectivity index is 2.59. The van der Waals surface area contributed by atoms with Crippen LogP contribution in [-0.2, 0) is 9.53 Å². The number of hydrogen-bond donors (Lipinski definition) is 2. The van der Waals surface area contributed by atoms with Crippen molar-refractivity contribution in [2.45, 2.75) is 89.2 Å². The average Bonchev–Trinajstić information content (AvgIpc) is 2.93. The number of carbonyl (C=O) groups is 1. The van der Waals surface area contributed by atoms with Crippen LogP contribution in [0, 0.1) is 17.3 Å². The minimum absolute atomic E-state index is 0.0423. The molecule has 1 saturated carbocycles. The number of ether oxygens (including phenoxy) is 1. The summed E-state index contributed by atoms with van der Waals surface area (Å²) in [7, 11) is 1.41. The summed E-state index contributed by atoms with van der Waals surface area (Å²) in [5.41, 5.74) is -0.154. The molecule has 0 spiro atoms. The highest BCUT2D eigenvalue weighted by Crippen LogP contribution is 2.41. The van der Waals surface area contributed by atoms with Crippen LogP contribution in [0.4, 0.5) is 0 Å². The van der Waals surface area contributed by atoms with Gasteiger partial charge in [-0.25, -0.2) is 0 Å². The second-order valence-electron chi connectivity index (χ2n) is 8.66. The van der Waals surface area contributed by atoms with Crippen LogP contribution in [0.25, 0.3) is 0 Å². The maximum atomic E-state index is 11.1. The largest absolute Gasteiger partial charge is 0.469 e. The molecule has 1 rings (SSSR count). The molecule has 0 aliphatic heterocycles. The summed E-state index contributed by atoms with van der Waals surface area (Å²) < 4.78 is 4.64. The normalized spacial score (nSPS) is 27.0. The Labute approximate surface area is 179 Å². The average molecular weight is 459 g/mol. The number of aliphatic hydroxyl groups excluding tert-OH is 2. The molecule has 5 atom stereocenters. The van der Waals surface area contributed by atoms with Crippen LogP contribution in [0.3, 0.4) is 0 Å². The number of esters is 1. The second-order valence-corrected chi connectivity index (χ2v) is 9.83. The fraction of sp³-hybridized carbons (Fsp3) is 0.783. The third-order valence-electron chi connectivity index (χ3n) is 5.92. The van der Waals surface area contributed by atoms with Crippen molar-refractivity contribution in [2.24, 2.45) is 17.3 Å². The van der Waals surface area contributed by atoms with Gasteiger partial charge in [-0.05, 0) is 43.4 Å². The Morgan fingerprint density at radius 2 is 2.04 bits per heavy atom. The second kappa shape index (κ2) is 12.8. The number of carbonyl (C=O) groups excluding carboxylic acids is 1. The third kappa shape index (κ3) is 8.38. The van der Waals surface area contributed by atoms with Crippen molar-refractivity contribution in [2.75, 3.05) is 7.11 Å². The molecule has 0 bridgehead atoms. The summed E-state index contributed by atoms with van der Waals surface area (Å²) in [6.07, 6.45) is 14.2. The molecule has 0 aromatic rings. The van der Waals surface area contributed by atoms with Crippen LogP contribution in [0.15, 0.2) is 24.3 Å². The molecule has 0 aromatic carbocycles. The van der Waals surface area contributed by atoms with Crippen molar-refractivity contribution in [1.82, 2.24) is 0 Å². The Kier molecular flexibility index (Phi) is 11.6. The molecule has 162 valence electrons. The van der Waals surface area contributed by atoms with E-state index in [4.69, 9.17) is 0 Å². The smallest absolute Gasteiger partial charge is 0.305 e. The molecule has 1 aliphatic rings. The van der Waals surface area contributed by atoms with E-state index >= 15 is 0 Å². The summed E-state index contributed by atoms with van der Waals surface area (Å²) in [6.45, 7) is 6.37. The number of aliphatic hydroxyl groups is 2. The lowest BCUT2D eigenvalue weighted by Crippen LogP contribution is -2.28. The van der Waals surface area contributed by atoms with Gasteiger partial charge in [-0.3, -0.25) is 4.79 Å². The zero-order valence-corrected chi connectivity index (χ0v) is 19.5. The highest BCUT2D eigenvalue weighted by atomic mass is 79.9. The standard InChI is InChI=1S/C23H39BrO4/c1-5-6-15-23(2,3)21(26)14-13-18-17(19(24)16-20(18)25)11-9-7-8-10-12-22(27)28-4/h7,9,13-14,17-21,25-26H,5-6,8,10-12,15-16H2,1-4H3/b9-7-,14-13+/t17-,18-,19-,20-,21-/m1/s1. The van der Waals surface area contributed by atoms with Crippen LogP contribution in [0.1, 0.15) is 72.1 Å². The molecule has 0 radical (unpaired) electrons.